The van der Waals surface area contributed by atoms with E-state index in [0.29, 0.717) is 6.04 Å². The molecule has 3 rings (SSSR count). The first-order chi connectivity index (χ1) is 6.38. The molecule has 0 aromatic carbocycles. The summed E-state index contributed by atoms with van der Waals surface area (Å²) in [5.41, 5.74) is 2.96. The summed E-state index contributed by atoms with van der Waals surface area (Å²) < 4.78 is 0. The van der Waals surface area contributed by atoms with E-state index in [9.17, 15) is 0 Å². The van der Waals surface area contributed by atoms with E-state index in [1.807, 2.05) is 0 Å². The van der Waals surface area contributed by atoms with Gasteiger partial charge in [-0.05, 0) is 38.5 Å². The largest absolute Gasteiger partial charge is 0.294 e. The lowest BCUT2D eigenvalue weighted by Crippen LogP contribution is -2.51. The average molecular weight is 181 g/mol. The van der Waals surface area contributed by atoms with E-state index in [-0.39, 0.29) is 0 Å². The lowest BCUT2D eigenvalue weighted by molar-refractivity contribution is 0.109. The quantitative estimate of drug-likeness (QED) is 0.484. The molecule has 2 saturated heterocycles. The van der Waals surface area contributed by atoms with Gasteiger partial charge in [0.2, 0.25) is 0 Å². The maximum absolute atomic E-state index is 5.52. The highest BCUT2D eigenvalue weighted by Crippen LogP contribution is 2.43. The van der Waals surface area contributed by atoms with Gasteiger partial charge in [0.05, 0.1) is 0 Å². The summed E-state index contributed by atoms with van der Waals surface area (Å²) in [7, 11) is 0. The van der Waals surface area contributed by atoms with Gasteiger partial charge in [-0.3, -0.25) is 16.2 Å². The number of piperidine rings is 1. The molecule has 3 nitrogen and oxygen atoms in total. The Morgan fingerprint density at radius 3 is 1.92 bits per heavy atom. The maximum Gasteiger partial charge on any atom is 0.0240 e. The van der Waals surface area contributed by atoms with E-state index in [1.165, 1.54) is 38.5 Å². The Morgan fingerprint density at radius 2 is 1.46 bits per heavy atom. The Labute approximate surface area is 79.6 Å². The first-order valence-corrected chi connectivity index (χ1v) is 5.62. The van der Waals surface area contributed by atoms with Crippen LogP contribution >= 0.6 is 0 Å². The third-order valence-electron chi connectivity index (χ3n) is 3.99. The van der Waals surface area contributed by atoms with Crippen molar-refractivity contribution in [2.45, 2.75) is 62.7 Å². The average Bonchev–Trinajstić information content (AvgIpc) is 2.95. The Balaban J connectivity index is 1.73. The molecule has 0 unspecified atom stereocenters. The van der Waals surface area contributed by atoms with E-state index in [1.54, 1.807) is 0 Å². The monoisotopic (exact) mass is 181 g/mol. The van der Waals surface area contributed by atoms with Crippen LogP contribution in [0.5, 0.6) is 0 Å². The summed E-state index contributed by atoms with van der Waals surface area (Å²) in [5, 5.41) is 0. The molecule has 3 heteroatoms. The molecule has 13 heavy (non-hydrogen) atoms. The van der Waals surface area contributed by atoms with Crippen LogP contribution in [-0.4, -0.2) is 29.1 Å². The lowest BCUT2D eigenvalue weighted by atomic mass is 9.98. The summed E-state index contributed by atoms with van der Waals surface area (Å²) >= 11 is 0. The van der Waals surface area contributed by atoms with Crippen LogP contribution in [0.1, 0.15) is 38.5 Å². The van der Waals surface area contributed by atoms with Gasteiger partial charge in [0.15, 0.2) is 0 Å². The van der Waals surface area contributed by atoms with Crippen LogP contribution in [0.2, 0.25) is 0 Å². The van der Waals surface area contributed by atoms with Gasteiger partial charge in [0.1, 0.15) is 0 Å². The first-order valence-electron chi connectivity index (χ1n) is 5.62. The number of nitrogens with zero attached hydrogens (tertiary/aromatic N) is 1. The van der Waals surface area contributed by atoms with Gasteiger partial charge < -0.3 is 0 Å². The zero-order valence-corrected chi connectivity index (χ0v) is 8.08. The van der Waals surface area contributed by atoms with Crippen molar-refractivity contribution in [3.05, 3.63) is 0 Å². The fourth-order valence-electron chi connectivity index (χ4n) is 3.32. The van der Waals surface area contributed by atoms with Crippen LogP contribution < -0.4 is 11.3 Å². The van der Waals surface area contributed by atoms with Gasteiger partial charge in [0, 0.05) is 24.2 Å². The van der Waals surface area contributed by atoms with Gasteiger partial charge in [0.25, 0.3) is 0 Å². The molecular formula is C10H19N3. The molecule has 2 atom stereocenters. The topological polar surface area (TPSA) is 41.3 Å². The predicted octanol–water partition coefficient (Wildman–Crippen LogP) is 0.607. The predicted molar refractivity (Wildman–Crippen MR) is 52.0 cm³/mol. The highest BCUT2D eigenvalue weighted by molar-refractivity contribution is 5.02. The van der Waals surface area contributed by atoms with Crippen molar-refractivity contribution in [2.75, 3.05) is 0 Å². The molecule has 0 aromatic rings. The molecule has 2 aliphatic heterocycles. The molecule has 1 saturated carbocycles. The fraction of sp³-hybridized carbons (Fsp3) is 1.00. The first kappa shape index (κ1) is 8.21. The third-order valence-corrected chi connectivity index (χ3v) is 3.99. The van der Waals surface area contributed by atoms with Crippen LogP contribution in [0.25, 0.3) is 0 Å². The van der Waals surface area contributed by atoms with Gasteiger partial charge in [-0.2, -0.15) is 0 Å². The van der Waals surface area contributed by atoms with Crippen molar-refractivity contribution >= 4 is 0 Å². The summed E-state index contributed by atoms with van der Waals surface area (Å²) in [6.07, 6.45) is 8.30. The molecule has 3 N–H and O–H groups in total. The van der Waals surface area contributed by atoms with E-state index in [0.717, 1.165) is 18.1 Å². The van der Waals surface area contributed by atoms with Crippen molar-refractivity contribution in [3.63, 3.8) is 0 Å². The molecule has 2 heterocycles. The summed E-state index contributed by atoms with van der Waals surface area (Å²) in [6, 6.07) is 3.25. The summed E-state index contributed by atoms with van der Waals surface area (Å²) in [6.45, 7) is 0. The van der Waals surface area contributed by atoms with Gasteiger partial charge >= 0.3 is 0 Å². The molecule has 0 amide bonds. The van der Waals surface area contributed by atoms with Crippen molar-refractivity contribution in [2.24, 2.45) is 5.84 Å². The highest BCUT2D eigenvalue weighted by atomic mass is 15.3. The maximum atomic E-state index is 5.52. The number of nitrogens with one attached hydrogen (secondary N) is 1. The van der Waals surface area contributed by atoms with Crippen LogP contribution in [0, 0.1) is 0 Å². The second-order valence-corrected chi connectivity index (χ2v) is 4.90. The number of hydrogen-bond acceptors (Lipinski definition) is 3. The normalized spacial score (nSPS) is 45.5. The van der Waals surface area contributed by atoms with E-state index >= 15 is 0 Å². The highest BCUT2D eigenvalue weighted by Gasteiger charge is 2.46. The Kier molecular flexibility index (Phi) is 1.86. The van der Waals surface area contributed by atoms with Crippen LogP contribution in [0.15, 0.2) is 0 Å². The minimum atomic E-state index is 0.590. The molecule has 1 aliphatic carbocycles. The molecule has 0 aromatic heterocycles. The molecule has 2 bridgehead atoms. The molecule has 74 valence electrons. The zero-order valence-electron chi connectivity index (χ0n) is 8.08. The van der Waals surface area contributed by atoms with Crippen molar-refractivity contribution in [1.29, 1.82) is 0 Å². The van der Waals surface area contributed by atoms with Gasteiger partial charge in [-0.25, -0.2) is 0 Å². The van der Waals surface area contributed by atoms with Crippen LogP contribution in [0.3, 0.4) is 0 Å². The molecular weight excluding hydrogens is 162 g/mol. The SMILES string of the molecule is NNC1C[C@H]2CC[C@H](C1)N2C1CC1. The summed E-state index contributed by atoms with van der Waals surface area (Å²) in [4.78, 5) is 2.80. The second kappa shape index (κ2) is 2.94. The summed E-state index contributed by atoms with van der Waals surface area (Å²) in [5.74, 6) is 5.52. The Morgan fingerprint density at radius 1 is 0.923 bits per heavy atom. The van der Waals surface area contributed by atoms with E-state index in [4.69, 9.17) is 5.84 Å². The van der Waals surface area contributed by atoms with Crippen LogP contribution in [-0.2, 0) is 0 Å². The molecule has 0 spiro atoms. The minimum Gasteiger partial charge on any atom is -0.294 e. The fourth-order valence-corrected chi connectivity index (χ4v) is 3.32. The Hall–Kier alpha value is -0.120. The molecule has 3 fully saturated rings. The standard InChI is InChI=1S/C10H19N3/c11-12-7-5-9-3-4-10(6-7)13(9)8-1-2-8/h7-10,12H,1-6,11H2/t9-,10-/m1/s1. The van der Waals surface area contributed by atoms with Crippen LogP contribution in [0.4, 0.5) is 0 Å². The number of rotatable bonds is 2. The van der Waals surface area contributed by atoms with Gasteiger partial charge in [-0.15, -0.1) is 0 Å². The number of fused-ring (bicyclic) bond motifs is 2. The van der Waals surface area contributed by atoms with E-state index in [2.05, 4.69) is 10.3 Å². The van der Waals surface area contributed by atoms with Crippen molar-refractivity contribution in [3.8, 4) is 0 Å². The Bertz CT molecular complexity index is 188. The van der Waals surface area contributed by atoms with E-state index < -0.39 is 0 Å². The molecule has 0 radical (unpaired) electrons. The number of nitrogens with two attached hydrogens (primary N) is 1. The third kappa shape index (κ3) is 1.30. The van der Waals surface area contributed by atoms with Crippen molar-refractivity contribution < 1.29 is 0 Å². The second-order valence-electron chi connectivity index (χ2n) is 4.90. The minimum absolute atomic E-state index is 0.590. The number of hydrogen-bond donors (Lipinski definition) is 2. The lowest BCUT2D eigenvalue weighted by Gasteiger charge is -2.38. The molecule has 3 aliphatic rings. The van der Waals surface area contributed by atoms with Crippen molar-refractivity contribution in [1.82, 2.24) is 10.3 Å². The number of hydrazine groups is 1. The van der Waals surface area contributed by atoms with Gasteiger partial charge in [-0.1, -0.05) is 0 Å². The smallest absolute Gasteiger partial charge is 0.0240 e. The zero-order chi connectivity index (χ0) is 8.84.